The zero-order chi connectivity index (χ0) is 16.5. The Balaban J connectivity index is 1.88. The van der Waals surface area contributed by atoms with Crippen LogP contribution in [-0.2, 0) is 6.54 Å². The molecule has 0 saturated carbocycles. The number of rotatable bonds is 4. The minimum Gasteiger partial charge on any atom is -0.394 e. The number of aliphatic hydroxyl groups is 1. The topological polar surface area (TPSA) is 66.7 Å². The van der Waals surface area contributed by atoms with Gasteiger partial charge in [0.05, 0.1) is 13.2 Å². The lowest BCUT2D eigenvalue weighted by atomic mass is 10.0. The maximum absolute atomic E-state index is 9.23. The molecular weight excluding hydrogens is 300 g/mol. The Morgan fingerprint density at radius 3 is 2.71 bits per heavy atom. The summed E-state index contributed by atoms with van der Waals surface area (Å²) in [7, 11) is 0. The molecule has 0 unspecified atom stereocenters. The quantitative estimate of drug-likeness (QED) is 0.606. The number of benzene rings is 1. The largest absolute Gasteiger partial charge is 0.394 e. The summed E-state index contributed by atoms with van der Waals surface area (Å²) < 4.78 is 1.79. The molecule has 0 spiro atoms. The van der Waals surface area contributed by atoms with Crippen LogP contribution in [-0.4, -0.2) is 31.5 Å². The second-order valence-corrected chi connectivity index (χ2v) is 5.87. The van der Waals surface area contributed by atoms with Crippen LogP contribution < -0.4 is 0 Å². The van der Waals surface area contributed by atoms with E-state index in [1.54, 1.807) is 17.1 Å². The molecule has 3 aromatic heterocycles. The fraction of sp³-hybridized carbons (Fsp3) is 0.158. The third-order valence-electron chi connectivity index (χ3n) is 4.11. The number of aliphatic hydroxyl groups excluding tert-OH is 1. The summed E-state index contributed by atoms with van der Waals surface area (Å²) in [5, 5.41) is 15.1. The van der Waals surface area contributed by atoms with E-state index < -0.39 is 0 Å². The number of nitrogens with one attached hydrogen (secondary N) is 1. The Morgan fingerprint density at radius 2 is 1.92 bits per heavy atom. The van der Waals surface area contributed by atoms with Crippen LogP contribution in [0.25, 0.3) is 33.3 Å². The molecule has 0 aliphatic rings. The third kappa shape index (κ3) is 2.59. The zero-order valence-corrected chi connectivity index (χ0v) is 13.4. The number of pyridine rings is 1. The van der Waals surface area contributed by atoms with Crippen LogP contribution in [0.4, 0.5) is 0 Å². The van der Waals surface area contributed by atoms with E-state index in [9.17, 15) is 5.11 Å². The van der Waals surface area contributed by atoms with Crippen molar-refractivity contribution in [1.82, 2.24) is 19.7 Å². The molecule has 0 bridgehead atoms. The molecule has 4 rings (SSSR count). The standard InChI is InChI=1S/C19H18N4O/c1-13-10-16-3-2-15(11-18(16)21-13)17-12-23(8-9-24)22-19(17)14-4-6-20-7-5-14/h2-7,10-12,21,24H,8-9H2,1H3. The highest BCUT2D eigenvalue weighted by Crippen LogP contribution is 2.32. The summed E-state index contributed by atoms with van der Waals surface area (Å²) >= 11 is 0. The monoisotopic (exact) mass is 318 g/mol. The number of H-pyrrole nitrogens is 1. The van der Waals surface area contributed by atoms with E-state index in [-0.39, 0.29) is 6.61 Å². The molecule has 120 valence electrons. The average molecular weight is 318 g/mol. The van der Waals surface area contributed by atoms with Crippen LogP contribution in [0.1, 0.15) is 5.69 Å². The van der Waals surface area contributed by atoms with Crippen LogP contribution in [0, 0.1) is 6.92 Å². The lowest BCUT2D eigenvalue weighted by Crippen LogP contribution is -2.02. The van der Waals surface area contributed by atoms with Crippen molar-refractivity contribution in [2.45, 2.75) is 13.5 Å². The average Bonchev–Trinajstić information content (AvgIpc) is 3.18. The Labute approximate surface area is 139 Å². The number of aromatic amines is 1. The van der Waals surface area contributed by atoms with Gasteiger partial charge in [-0.1, -0.05) is 12.1 Å². The van der Waals surface area contributed by atoms with Gasteiger partial charge in [0.15, 0.2) is 0 Å². The number of hydrogen-bond acceptors (Lipinski definition) is 3. The SMILES string of the molecule is Cc1cc2ccc(-c3cn(CCO)nc3-c3ccncc3)cc2[nH]1. The highest BCUT2D eigenvalue weighted by molar-refractivity contribution is 5.89. The predicted molar refractivity (Wildman–Crippen MR) is 94.6 cm³/mol. The fourth-order valence-corrected chi connectivity index (χ4v) is 3.01. The van der Waals surface area contributed by atoms with Crippen LogP contribution in [0.5, 0.6) is 0 Å². The van der Waals surface area contributed by atoms with Crippen molar-refractivity contribution in [2.24, 2.45) is 0 Å². The van der Waals surface area contributed by atoms with Gasteiger partial charge >= 0.3 is 0 Å². The summed E-state index contributed by atoms with van der Waals surface area (Å²) in [6.45, 7) is 2.59. The van der Waals surface area contributed by atoms with E-state index in [0.717, 1.165) is 33.6 Å². The van der Waals surface area contributed by atoms with Gasteiger partial charge in [0.2, 0.25) is 0 Å². The normalized spacial score (nSPS) is 11.2. The number of fused-ring (bicyclic) bond motifs is 1. The molecule has 0 saturated heterocycles. The molecule has 5 heteroatoms. The lowest BCUT2D eigenvalue weighted by molar-refractivity contribution is 0.269. The van der Waals surface area contributed by atoms with Gasteiger partial charge in [-0.25, -0.2) is 0 Å². The van der Waals surface area contributed by atoms with Crippen LogP contribution in [0.15, 0.2) is 55.0 Å². The first kappa shape index (κ1) is 14.7. The van der Waals surface area contributed by atoms with E-state index in [2.05, 4.69) is 46.3 Å². The molecule has 0 atom stereocenters. The highest BCUT2D eigenvalue weighted by atomic mass is 16.3. The molecule has 0 aliphatic carbocycles. The van der Waals surface area contributed by atoms with E-state index in [1.165, 1.54) is 5.39 Å². The Hall–Kier alpha value is -2.92. The van der Waals surface area contributed by atoms with E-state index in [1.807, 2.05) is 18.3 Å². The minimum atomic E-state index is 0.0613. The smallest absolute Gasteiger partial charge is 0.100 e. The predicted octanol–water partition coefficient (Wildman–Crippen LogP) is 3.39. The molecule has 0 fully saturated rings. The van der Waals surface area contributed by atoms with Gasteiger partial charge in [0.25, 0.3) is 0 Å². The van der Waals surface area contributed by atoms with E-state index in [0.29, 0.717) is 6.54 Å². The summed E-state index contributed by atoms with van der Waals surface area (Å²) in [4.78, 5) is 7.46. The first-order chi connectivity index (χ1) is 11.7. The molecule has 0 aliphatic heterocycles. The van der Waals surface area contributed by atoms with Gasteiger partial charge < -0.3 is 10.1 Å². The molecule has 2 N–H and O–H groups in total. The van der Waals surface area contributed by atoms with Gasteiger partial charge in [-0.15, -0.1) is 0 Å². The highest BCUT2D eigenvalue weighted by Gasteiger charge is 2.14. The van der Waals surface area contributed by atoms with Crippen LogP contribution >= 0.6 is 0 Å². The fourth-order valence-electron chi connectivity index (χ4n) is 3.01. The number of nitrogens with zero attached hydrogens (tertiary/aromatic N) is 3. The maximum Gasteiger partial charge on any atom is 0.100 e. The Kier molecular flexibility index (Phi) is 3.63. The molecule has 1 aromatic carbocycles. The van der Waals surface area contributed by atoms with Crippen molar-refractivity contribution < 1.29 is 5.11 Å². The first-order valence-electron chi connectivity index (χ1n) is 7.93. The lowest BCUT2D eigenvalue weighted by Gasteiger charge is -2.03. The van der Waals surface area contributed by atoms with Crippen LogP contribution in [0.2, 0.25) is 0 Å². The molecule has 5 nitrogen and oxygen atoms in total. The summed E-state index contributed by atoms with van der Waals surface area (Å²) in [5.41, 5.74) is 6.31. The summed E-state index contributed by atoms with van der Waals surface area (Å²) in [6.07, 6.45) is 5.52. The first-order valence-corrected chi connectivity index (χ1v) is 7.93. The maximum atomic E-state index is 9.23. The molecule has 3 heterocycles. The van der Waals surface area contributed by atoms with E-state index in [4.69, 9.17) is 0 Å². The third-order valence-corrected chi connectivity index (χ3v) is 4.11. The van der Waals surface area contributed by atoms with Gasteiger partial charge in [0.1, 0.15) is 5.69 Å². The van der Waals surface area contributed by atoms with Gasteiger partial charge in [-0.3, -0.25) is 9.67 Å². The Morgan fingerprint density at radius 1 is 1.08 bits per heavy atom. The van der Waals surface area contributed by atoms with Gasteiger partial charge in [-0.2, -0.15) is 5.10 Å². The van der Waals surface area contributed by atoms with Crippen molar-refractivity contribution >= 4 is 10.9 Å². The van der Waals surface area contributed by atoms with Crippen molar-refractivity contribution in [2.75, 3.05) is 6.61 Å². The van der Waals surface area contributed by atoms with E-state index >= 15 is 0 Å². The van der Waals surface area contributed by atoms with Gasteiger partial charge in [0, 0.05) is 40.9 Å². The zero-order valence-electron chi connectivity index (χ0n) is 13.4. The second kappa shape index (κ2) is 5.94. The number of hydrogen-bond donors (Lipinski definition) is 2. The van der Waals surface area contributed by atoms with Crippen molar-refractivity contribution in [1.29, 1.82) is 0 Å². The van der Waals surface area contributed by atoms with Crippen molar-refractivity contribution in [3.8, 4) is 22.4 Å². The summed E-state index contributed by atoms with van der Waals surface area (Å²) in [6, 6.07) is 12.4. The number of aryl methyl sites for hydroxylation is 1. The van der Waals surface area contributed by atoms with Crippen molar-refractivity contribution in [3.63, 3.8) is 0 Å². The summed E-state index contributed by atoms with van der Waals surface area (Å²) in [5.74, 6) is 0. The second-order valence-electron chi connectivity index (χ2n) is 5.87. The number of aromatic nitrogens is 4. The minimum absolute atomic E-state index is 0.0613. The Bertz CT molecular complexity index is 985. The molecule has 24 heavy (non-hydrogen) atoms. The molecule has 0 amide bonds. The molecule has 0 radical (unpaired) electrons. The van der Waals surface area contributed by atoms with Crippen molar-refractivity contribution in [3.05, 3.63) is 60.7 Å². The van der Waals surface area contributed by atoms with Crippen LogP contribution in [0.3, 0.4) is 0 Å². The molecule has 4 aromatic rings. The van der Waals surface area contributed by atoms with Gasteiger partial charge in [-0.05, 0) is 42.1 Å². The molecular formula is C19H18N4O.